The van der Waals surface area contributed by atoms with Crippen LogP contribution in [0.5, 0.6) is 0 Å². The average molecular weight is 195 g/mol. The van der Waals surface area contributed by atoms with Gasteiger partial charge in [0.2, 0.25) is 0 Å². The fourth-order valence-corrected chi connectivity index (χ4v) is 2.50. The SMILES string of the molecule is CC1CCCC(C)N1CC(=O)C1CC1. The smallest absolute Gasteiger partial charge is 0.149 e. The average Bonchev–Trinajstić information content (AvgIpc) is 2.94. The van der Waals surface area contributed by atoms with E-state index in [2.05, 4.69) is 18.7 Å². The maximum absolute atomic E-state index is 11.7. The summed E-state index contributed by atoms with van der Waals surface area (Å²) in [7, 11) is 0. The standard InChI is InChI=1S/C12H21NO/c1-9-4-3-5-10(2)13(9)8-12(14)11-6-7-11/h9-11H,3-8H2,1-2H3. The molecule has 14 heavy (non-hydrogen) atoms. The largest absolute Gasteiger partial charge is 0.298 e. The number of rotatable bonds is 3. The highest BCUT2D eigenvalue weighted by Crippen LogP contribution is 2.31. The maximum Gasteiger partial charge on any atom is 0.149 e. The molecule has 0 bridgehead atoms. The Labute approximate surface area is 86.7 Å². The zero-order valence-corrected chi connectivity index (χ0v) is 9.33. The molecule has 2 aliphatic rings. The van der Waals surface area contributed by atoms with Crippen LogP contribution in [-0.2, 0) is 4.79 Å². The van der Waals surface area contributed by atoms with Gasteiger partial charge in [0.25, 0.3) is 0 Å². The molecule has 2 fully saturated rings. The van der Waals surface area contributed by atoms with Crippen LogP contribution < -0.4 is 0 Å². The summed E-state index contributed by atoms with van der Waals surface area (Å²) in [6.07, 6.45) is 6.16. The molecule has 80 valence electrons. The molecule has 1 aliphatic heterocycles. The molecule has 0 spiro atoms. The van der Waals surface area contributed by atoms with Crippen molar-refractivity contribution in [2.75, 3.05) is 6.54 Å². The summed E-state index contributed by atoms with van der Waals surface area (Å²) in [5.74, 6) is 0.918. The number of likely N-dealkylation sites (tertiary alicyclic amines) is 1. The van der Waals surface area contributed by atoms with Crippen molar-refractivity contribution < 1.29 is 4.79 Å². The molecule has 0 aromatic rings. The fraction of sp³-hybridized carbons (Fsp3) is 0.917. The molecule has 0 radical (unpaired) electrons. The molecule has 2 rings (SSSR count). The molecule has 0 N–H and O–H groups in total. The van der Waals surface area contributed by atoms with Crippen molar-refractivity contribution in [3.63, 3.8) is 0 Å². The van der Waals surface area contributed by atoms with Gasteiger partial charge in [0.05, 0.1) is 6.54 Å². The molecule has 2 nitrogen and oxygen atoms in total. The molecule has 1 aliphatic carbocycles. The van der Waals surface area contributed by atoms with E-state index in [0.29, 0.717) is 30.3 Å². The monoisotopic (exact) mass is 195 g/mol. The molecule has 1 saturated heterocycles. The van der Waals surface area contributed by atoms with E-state index in [4.69, 9.17) is 0 Å². The molecular formula is C12H21NO. The summed E-state index contributed by atoms with van der Waals surface area (Å²) in [4.78, 5) is 14.1. The number of carbonyl (C=O) groups excluding carboxylic acids is 1. The van der Waals surface area contributed by atoms with Gasteiger partial charge in [0.15, 0.2) is 0 Å². The van der Waals surface area contributed by atoms with Crippen LogP contribution in [0.4, 0.5) is 0 Å². The summed E-state index contributed by atoms with van der Waals surface area (Å²) in [6.45, 7) is 5.23. The summed E-state index contributed by atoms with van der Waals surface area (Å²) < 4.78 is 0. The lowest BCUT2D eigenvalue weighted by Gasteiger charge is -2.38. The third-order valence-electron chi connectivity index (χ3n) is 3.75. The Morgan fingerprint density at radius 1 is 1.14 bits per heavy atom. The summed E-state index contributed by atoms with van der Waals surface area (Å²) in [5.41, 5.74) is 0. The van der Waals surface area contributed by atoms with Crippen molar-refractivity contribution in [2.45, 2.75) is 58.0 Å². The first-order valence-corrected chi connectivity index (χ1v) is 5.97. The summed E-state index contributed by atoms with van der Waals surface area (Å²) in [6, 6.07) is 1.22. The molecule has 2 unspecified atom stereocenters. The van der Waals surface area contributed by atoms with Gasteiger partial charge in [-0.25, -0.2) is 0 Å². The van der Waals surface area contributed by atoms with Crippen LogP contribution in [0.2, 0.25) is 0 Å². The number of Topliss-reactive ketones (excluding diaryl/α,β-unsaturated/α-hetero) is 1. The first-order chi connectivity index (χ1) is 6.68. The molecule has 2 heteroatoms. The van der Waals surface area contributed by atoms with Gasteiger partial charge in [-0.15, -0.1) is 0 Å². The van der Waals surface area contributed by atoms with Gasteiger partial charge in [0.1, 0.15) is 5.78 Å². The third-order valence-corrected chi connectivity index (χ3v) is 3.75. The van der Waals surface area contributed by atoms with Gasteiger partial charge in [-0.3, -0.25) is 9.69 Å². The summed E-state index contributed by atoms with van der Waals surface area (Å²) in [5, 5.41) is 0. The van der Waals surface area contributed by atoms with Gasteiger partial charge in [-0.05, 0) is 39.5 Å². The fourth-order valence-electron chi connectivity index (χ4n) is 2.50. The van der Waals surface area contributed by atoms with Crippen molar-refractivity contribution in [1.29, 1.82) is 0 Å². The Kier molecular flexibility index (Phi) is 2.91. The molecule has 1 saturated carbocycles. The topological polar surface area (TPSA) is 20.3 Å². The predicted octanol–water partition coefficient (Wildman–Crippen LogP) is 2.23. The zero-order chi connectivity index (χ0) is 10.1. The quantitative estimate of drug-likeness (QED) is 0.688. The molecule has 0 amide bonds. The highest BCUT2D eigenvalue weighted by Gasteiger charge is 2.33. The maximum atomic E-state index is 11.7. The van der Waals surface area contributed by atoms with Gasteiger partial charge in [0, 0.05) is 18.0 Å². The second-order valence-corrected chi connectivity index (χ2v) is 5.04. The number of piperidine rings is 1. The molecular weight excluding hydrogens is 174 g/mol. The van der Waals surface area contributed by atoms with Gasteiger partial charge in [-0.2, -0.15) is 0 Å². The molecule has 0 aromatic heterocycles. The minimum Gasteiger partial charge on any atom is -0.298 e. The van der Waals surface area contributed by atoms with Crippen molar-refractivity contribution in [1.82, 2.24) is 4.90 Å². The molecule has 2 atom stereocenters. The van der Waals surface area contributed by atoms with E-state index in [1.807, 2.05) is 0 Å². The lowest BCUT2D eigenvalue weighted by atomic mass is 9.97. The number of nitrogens with zero attached hydrogens (tertiary/aromatic N) is 1. The third kappa shape index (κ3) is 2.17. The van der Waals surface area contributed by atoms with Crippen LogP contribution >= 0.6 is 0 Å². The van der Waals surface area contributed by atoms with Crippen LogP contribution in [0.25, 0.3) is 0 Å². The van der Waals surface area contributed by atoms with Crippen LogP contribution in [0, 0.1) is 5.92 Å². The van der Waals surface area contributed by atoms with Crippen LogP contribution in [0.1, 0.15) is 46.0 Å². The highest BCUT2D eigenvalue weighted by atomic mass is 16.1. The van der Waals surface area contributed by atoms with Crippen LogP contribution in [0.3, 0.4) is 0 Å². The van der Waals surface area contributed by atoms with Gasteiger partial charge < -0.3 is 0 Å². The number of hydrogen-bond donors (Lipinski definition) is 0. The molecule has 1 heterocycles. The Hall–Kier alpha value is -0.370. The van der Waals surface area contributed by atoms with E-state index in [0.717, 1.165) is 12.8 Å². The zero-order valence-electron chi connectivity index (χ0n) is 9.33. The van der Waals surface area contributed by atoms with Crippen molar-refractivity contribution in [3.8, 4) is 0 Å². The van der Waals surface area contributed by atoms with Gasteiger partial charge in [-0.1, -0.05) is 6.42 Å². The Morgan fingerprint density at radius 2 is 1.71 bits per heavy atom. The number of hydrogen-bond acceptors (Lipinski definition) is 2. The van der Waals surface area contributed by atoms with Crippen LogP contribution in [-0.4, -0.2) is 29.3 Å². The van der Waals surface area contributed by atoms with E-state index >= 15 is 0 Å². The van der Waals surface area contributed by atoms with E-state index in [1.54, 1.807) is 0 Å². The second kappa shape index (κ2) is 4.01. The first kappa shape index (κ1) is 10.2. The highest BCUT2D eigenvalue weighted by molar-refractivity contribution is 5.85. The minimum atomic E-state index is 0.427. The first-order valence-electron chi connectivity index (χ1n) is 5.97. The lowest BCUT2D eigenvalue weighted by molar-refractivity contribution is -0.123. The Bertz CT molecular complexity index is 212. The van der Waals surface area contributed by atoms with E-state index in [9.17, 15) is 4.79 Å². The Morgan fingerprint density at radius 3 is 2.21 bits per heavy atom. The van der Waals surface area contributed by atoms with Crippen molar-refractivity contribution >= 4 is 5.78 Å². The minimum absolute atomic E-state index is 0.427. The van der Waals surface area contributed by atoms with Crippen LogP contribution in [0.15, 0.2) is 0 Å². The van der Waals surface area contributed by atoms with E-state index in [-0.39, 0.29) is 0 Å². The lowest BCUT2D eigenvalue weighted by Crippen LogP contribution is -2.46. The summed E-state index contributed by atoms with van der Waals surface area (Å²) >= 11 is 0. The van der Waals surface area contributed by atoms with Crippen molar-refractivity contribution in [3.05, 3.63) is 0 Å². The predicted molar refractivity (Wildman–Crippen MR) is 57.2 cm³/mol. The molecule has 0 aromatic carbocycles. The Balaban J connectivity index is 1.89. The normalized spacial score (nSPS) is 34.4. The number of ketones is 1. The van der Waals surface area contributed by atoms with Crippen molar-refractivity contribution in [2.24, 2.45) is 5.92 Å². The number of carbonyl (C=O) groups is 1. The van der Waals surface area contributed by atoms with E-state index in [1.165, 1.54) is 19.3 Å². The van der Waals surface area contributed by atoms with Gasteiger partial charge >= 0.3 is 0 Å². The second-order valence-electron chi connectivity index (χ2n) is 5.04. The van der Waals surface area contributed by atoms with E-state index < -0.39 is 0 Å².